The quantitative estimate of drug-likeness (QED) is 0.323. The molecule has 0 amide bonds. The van der Waals surface area contributed by atoms with Crippen molar-refractivity contribution in [3.8, 4) is 17.2 Å². The summed E-state index contributed by atoms with van der Waals surface area (Å²) < 4.78 is 21.4. The Morgan fingerprint density at radius 3 is 2.18 bits per heavy atom. The van der Waals surface area contributed by atoms with Gasteiger partial charge in [0, 0.05) is 16.6 Å². The summed E-state index contributed by atoms with van der Waals surface area (Å²) in [7, 11) is 4.43. The Balaban J connectivity index is 1.92. The number of carbonyl (C=O) groups is 2. The minimum absolute atomic E-state index is 0.291. The molecule has 2 aromatic carbocycles. The van der Waals surface area contributed by atoms with Crippen LogP contribution < -0.4 is 14.2 Å². The molecule has 7 nitrogen and oxygen atoms in total. The summed E-state index contributed by atoms with van der Waals surface area (Å²) in [6, 6.07) is 10.6. The van der Waals surface area contributed by atoms with Gasteiger partial charge in [0.2, 0.25) is 11.5 Å². The van der Waals surface area contributed by atoms with Crippen LogP contribution in [-0.4, -0.2) is 44.7 Å². The molecule has 0 aliphatic heterocycles. The second kappa shape index (κ2) is 10.8. The maximum absolute atomic E-state index is 13.2. The van der Waals surface area contributed by atoms with E-state index in [1.807, 2.05) is 31.2 Å². The number of aryl methyl sites for hydroxylation is 1. The van der Waals surface area contributed by atoms with Gasteiger partial charge in [0.15, 0.2) is 18.1 Å². The van der Waals surface area contributed by atoms with Crippen LogP contribution in [0.4, 0.5) is 0 Å². The number of benzene rings is 2. The highest BCUT2D eigenvalue weighted by Gasteiger charge is 2.23. The van der Waals surface area contributed by atoms with E-state index in [0.29, 0.717) is 34.8 Å². The van der Waals surface area contributed by atoms with Crippen LogP contribution in [0.1, 0.15) is 52.2 Å². The van der Waals surface area contributed by atoms with E-state index in [2.05, 4.69) is 6.92 Å². The van der Waals surface area contributed by atoms with Crippen molar-refractivity contribution in [1.82, 2.24) is 4.98 Å². The molecule has 0 aliphatic carbocycles. The standard InChI is InChI=1S/C26H29NO6/c1-6-10-19-17(7-2)24(18-11-8-9-12-20(18)27-19)26(29)33-15-21(28)16-13-22(30-3)25(32-5)23(14-16)31-4/h8-9,11-14H,6-7,10,15H2,1-5H3. The van der Waals surface area contributed by atoms with Gasteiger partial charge in [-0.1, -0.05) is 38.5 Å². The Bertz CT molecular complexity index is 1150. The predicted molar refractivity (Wildman–Crippen MR) is 126 cm³/mol. The maximum Gasteiger partial charge on any atom is 0.339 e. The molecule has 33 heavy (non-hydrogen) atoms. The summed E-state index contributed by atoms with van der Waals surface area (Å²) in [5.41, 5.74) is 3.26. The third kappa shape index (κ3) is 4.92. The second-order valence-corrected chi connectivity index (χ2v) is 7.45. The molecule has 3 rings (SSSR count). The number of nitrogens with zero attached hydrogens (tertiary/aromatic N) is 1. The van der Waals surface area contributed by atoms with Gasteiger partial charge >= 0.3 is 5.97 Å². The van der Waals surface area contributed by atoms with Gasteiger partial charge in [-0.15, -0.1) is 0 Å². The topological polar surface area (TPSA) is 84.0 Å². The number of ether oxygens (including phenoxy) is 4. The fraction of sp³-hybridized carbons (Fsp3) is 0.346. The first-order chi connectivity index (χ1) is 16.0. The van der Waals surface area contributed by atoms with Crippen LogP contribution in [0, 0.1) is 0 Å². The molecule has 0 saturated heterocycles. The molecule has 7 heteroatoms. The van der Waals surface area contributed by atoms with Crippen LogP contribution >= 0.6 is 0 Å². The van der Waals surface area contributed by atoms with Crippen LogP contribution in [0.3, 0.4) is 0 Å². The lowest BCUT2D eigenvalue weighted by Gasteiger charge is -2.16. The number of methoxy groups -OCH3 is 3. The number of rotatable bonds is 10. The molecule has 0 spiro atoms. The highest BCUT2D eigenvalue weighted by atomic mass is 16.5. The average molecular weight is 452 g/mol. The minimum Gasteiger partial charge on any atom is -0.493 e. The molecule has 3 aromatic rings. The third-order valence-corrected chi connectivity index (χ3v) is 5.44. The monoisotopic (exact) mass is 451 g/mol. The number of carbonyl (C=O) groups excluding carboxylic acids is 2. The lowest BCUT2D eigenvalue weighted by molar-refractivity contribution is 0.0475. The molecule has 0 unspecified atom stereocenters. The molecule has 1 aromatic heterocycles. The van der Waals surface area contributed by atoms with Crippen LogP contribution in [-0.2, 0) is 17.6 Å². The van der Waals surface area contributed by atoms with E-state index in [4.69, 9.17) is 23.9 Å². The molecule has 0 saturated carbocycles. The van der Waals surface area contributed by atoms with Crippen molar-refractivity contribution in [3.05, 3.63) is 58.8 Å². The minimum atomic E-state index is -0.538. The lowest BCUT2D eigenvalue weighted by atomic mass is 9.96. The average Bonchev–Trinajstić information content (AvgIpc) is 2.85. The van der Waals surface area contributed by atoms with E-state index in [0.717, 1.165) is 35.0 Å². The Labute approximate surface area is 193 Å². The molecule has 0 radical (unpaired) electrons. The molecular formula is C26H29NO6. The number of Topliss-reactive ketones (excluding diaryl/α,β-unsaturated/α-hetero) is 1. The first kappa shape index (κ1) is 24.0. The zero-order valence-electron chi connectivity index (χ0n) is 19.7. The molecule has 0 bridgehead atoms. The first-order valence-corrected chi connectivity index (χ1v) is 10.9. The van der Waals surface area contributed by atoms with Crippen molar-refractivity contribution in [1.29, 1.82) is 0 Å². The number of para-hydroxylation sites is 1. The van der Waals surface area contributed by atoms with Crippen molar-refractivity contribution in [2.45, 2.75) is 33.1 Å². The van der Waals surface area contributed by atoms with Gasteiger partial charge in [-0.05, 0) is 36.6 Å². The number of aromatic nitrogens is 1. The Kier molecular flexibility index (Phi) is 7.87. The highest BCUT2D eigenvalue weighted by molar-refractivity contribution is 6.06. The van der Waals surface area contributed by atoms with E-state index in [1.54, 1.807) is 0 Å². The Hall–Kier alpha value is -3.61. The summed E-state index contributed by atoms with van der Waals surface area (Å²) >= 11 is 0. The third-order valence-electron chi connectivity index (χ3n) is 5.44. The van der Waals surface area contributed by atoms with E-state index in [1.165, 1.54) is 33.5 Å². The first-order valence-electron chi connectivity index (χ1n) is 10.9. The van der Waals surface area contributed by atoms with Crippen molar-refractivity contribution >= 4 is 22.7 Å². The number of esters is 1. The van der Waals surface area contributed by atoms with Crippen LogP contribution in [0.2, 0.25) is 0 Å². The number of fused-ring (bicyclic) bond motifs is 1. The van der Waals surface area contributed by atoms with Gasteiger partial charge in [0.05, 0.1) is 32.4 Å². The molecular weight excluding hydrogens is 422 g/mol. The van der Waals surface area contributed by atoms with Crippen molar-refractivity contribution in [2.24, 2.45) is 0 Å². The normalized spacial score (nSPS) is 10.7. The van der Waals surface area contributed by atoms with Crippen molar-refractivity contribution in [2.75, 3.05) is 27.9 Å². The Morgan fingerprint density at radius 2 is 1.61 bits per heavy atom. The fourth-order valence-electron chi connectivity index (χ4n) is 3.89. The number of pyridine rings is 1. The molecule has 1 heterocycles. The molecule has 174 valence electrons. The van der Waals surface area contributed by atoms with Crippen LogP contribution in [0.5, 0.6) is 17.2 Å². The van der Waals surface area contributed by atoms with Gasteiger partial charge < -0.3 is 18.9 Å². The van der Waals surface area contributed by atoms with Gasteiger partial charge in [0.1, 0.15) is 0 Å². The molecule has 0 atom stereocenters. The SMILES string of the molecule is CCCc1nc2ccccc2c(C(=O)OCC(=O)c2cc(OC)c(OC)c(OC)c2)c1CC. The predicted octanol–water partition coefficient (Wildman–Crippen LogP) is 4.82. The summed E-state index contributed by atoms with van der Waals surface area (Å²) in [4.78, 5) is 30.8. The zero-order valence-corrected chi connectivity index (χ0v) is 19.7. The largest absolute Gasteiger partial charge is 0.493 e. The van der Waals surface area contributed by atoms with E-state index in [-0.39, 0.29) is 5.78 Å². The highest BCUT2D eigenvalue weighted by Crippen LogP contribution is 2.38. The number of ketones is 1. The van der Waals surface area contributed by atoms with Gasteiger partial charge in [-0.3, -0.25) is 9.78 Å². The summed E-state index contributed by atoms with van der Waals surface area (Å²) in [6.07, 6.45) is 2.31. The second-order valence-electron chi connectivity index (χ2n) is 7.45. The zero-order chi connectivity index (χ0) is 24.0. The van der Waals surface area contributed by atoms with E-state index < -0.39 is 12.6 Å². The molecule has 0 fully saturated rings. The van der Waals surface area contributed by atoms with Gasteiger partial charge in [0.25, 0.3) is 0 Å². The summed E-state index contributed by atoms with van der Waals surface area (Å²) in [6.45, 7) is 3.65. The smallest absolute Gasteiger partial charge is 0.339 e. The molecule has 0 N–H and O–H groups in total. The lowest BCUT2D eigenvalue weighted by Crippen LogP contribution is -2.17. The summed E-state index contributed by atoms with van der Waals surface area (Å²) in [5.74, 6) is 0.164. The van der Waals surface area contributed by atoms with Gasteiger partial charge in [-0.25, -0.2) is 4.79 Å². The molecule has 0 aliphatic rings. The van der Waals surface area contributed by atoms with Gasteiger partial charge in [-0.2, -0.15) is 0 Å². The Morgan fingerprint density at radius 1 is 0.939 bits per heavy atom. The van der Waals surface area contributed by atoms with Crippen LogP contribution in [0.15, 0.2) is 36.4 Å². The summed E-state index contributed by atoms with van der Waals surface area (Å²) in [5, 5.41) is 0.722. The van der Waals surface area contributed by atoms with E-state index in [9.17, 15) is 9.59 Å². The number of hydrogen-bond donors (Lipinski definition) is 0. The van der Waals surface area contributed by atoms with Crippen molar-refractivity contribution in [3.63, 3.8) is 0 Å². The van der Waals surface area contributed by atoms with E-state index >= 15 is 0 Å². The number of hydrogen-bond acceptors (Lipinski definition) is 7. The fourth-order valence-corrected chi connectivity index (χ4v) is 3.89. The van der Waals surface area contributed by atoms with Crippen LogP contribution in [0.25, 0.3) is 10.9 Å². The van der Waals surface area contributed by atoms with Crippen molar-refractivity contribution < 1.29 is 28.5 Å². The maximum atomic E-state index is 13.2.